The number of hydrogen-bond acceptors (Lipinski definition) is 1. The normalized spacial score (nSPS) is 22.5. The van der Waals surface area contributed by atoms with Gasteiger partial charge in [0.1, 0.15) is 0 Å². The van der Waals surface area contributed by atoms with Crippen LogP contribution in [0.25, 0.3) is 0 Å². The Balaban J connectivity index is 1.90. The third-order valence-corrected chi connectivity index (χ3v) is 4.00. The van der Waals surface area contributed by atoms with Crippen molar-refractivity contribution >= 4 is 5.69 Å². The molecule has 1 aromatic carbocycles. The van der Waals surface area contributed by atoms with E-state index in [1.54, 1.807) is 0 Å². The van der Waals surface area contributed by atoms with Gasteiger partial charge in [-0.25, -0.2) is 0 Å². The molecule has 15 heavy (non-hydrogen) atoms. The molecule has 2 aliphatic rings. The summed E-state index contributed by atoms with van der Waals surface area (Å²) in [7, 11) is 0. The molecule has 0 unspecified atom stereocenters. The van der Waals surface area contributed by atoms with Crippen LogP contribution < -0.4 is 5.32 Å². The summed E-state index contributed by atoms with van der Waals surface area (Å²) in [5, 5.41) is 3.79. The molecule has 0 radical (unpaired) electrons. The highest BCUT2D eigenvalue weighted by atomic mass is 15.0. The zero-order valence-corrected chi connectivity index (χ0v) is 9.47. The van der Waals surface area contributed by atoms with E-state index in [-0.39, 0.29) is 0 Å². The highest BCUT2D eigenvalue weighted by Gasteiger charge is 2.37. The van der Waals surface area contributed by atoms with Crippen LogP contribution in [0, 0.1) is 6.92 Å². The van der Waals surface area contributed by atoms with Crippen molar-refractivity contribution < 1.29 is 0 Å². The van der Waals surface area contributed by atoms with Crippen LogP contribution in [0.4, 0.5) is 5.69 Å². The van der Waals surface area contributed by atoms with E-state index in [9.17, 15) is 0 Å². The van der Waals surface area contributed by atoms with Crippen LogP contribution in [-0.2, 0) is 6.42 Å². The van der Waals surface area contributed by atoms with Gasteiger partial charge in [0.15, 0.2) is 0 Å². The van der Waals surface area contributed by atoms with Gasteiger partial charge in [0.2, 0.25) is 0 Å². The largest absolute Gasteiger partial charge is 0.379 e. The number of aryl methyl sites for hydroxylation is 1. The third kappa shape index (κ3) is 1.54. The Hall–Kier alpha value is -0.980. The van der Waals surface area contributed by atoms with Gasteiger partial charge in [-0.1, -0.05) is 31.4 Å². The van der Waals surface area contributed by atoms with Crippen LogP contribution >= 0.6 is 0 Å². The second-order valence-electron chi connectivity index (χ2n) is 5.30. The molecule has 3 rings (SSSR count). The predicted molar refractivity (Wildman–Crippen MR) is 64.3 cm³/mol. The van der Waals surface area contributed by atoms with Crippen LogP contribution in [-0.4, -0.2) is 5.54 Å². The van der Waals surface area contributed by atoms with Crippen molar-refractivity contribution in [3.05, 3.63) is 29.3 Å². The van der Waals surface area contributed by atoms with Crippen molar-refractivity contribution in [2.45, 2.75) is 51.0 Å². The summed E-state index contributed by atoms with van der Waals surface area (Å²) in [6.45, 7) is 2.17. The van der Waals surface area contributed by atoms with Gasteiger partial charge in [-0.05, 0) is 43.4 Å². The highest BCUT2D eigenvalue weighted by molar-refractivity contribution is 5.60. The van der Waals surface area contributed by atoms with Gasteiger partial charge in [-0.3, -0.25) is 0 Å². The van der Waals surface area contributed by atoms with Crippen LogP contribution in [0.2, 0.25) is 0 Å². The van der Waals surface area contributed by atoms with E-state index in [0.29, 0.717) is 5.54 Å². The Labute approximate surface area is 91.9 Å². The average molecular weight is 201 g/mol. The fraction of sp³-hybridized carbons (Fsp3) is 0.571. The van der Waals surface area contributed by atoms with Crippen molar-refractivity contribution in [2.24, 2.45) is 0 Å². The summed E-state index contributed by atoms with van der Waals surface area (Å²) < 4.78 is 0. The molecule has 1 heteroatoms. The number of anilines is 1. The van der Waals surface area contributed by atoms with Crippen LogP contribution in [0.15, 0.2) is 18.2 Å². The van der Waals surface area contributed by atoms with Crippen molar-refractivity contribution in [1.82, 2.24) is 0 Å². The van der Waals surface area contributed by atoms with E-state index in [1.165, 1.54) is 55.3 Å². The van der Waals surface area contributed by atoms with E-state index in [4.69, 9.17) is 0 Å². The lowest BCUT2D eigenvalue weighted by Gasteiger charge is -2.34. The van der Waals surface area contributed by atoms with Gasteiger partial charge >= 0.3 is 0 Å². The van der Waals surface area contributed by atoms with Crippen LogP contribution in [0.5, 0.6) is 0 Å². The van der Waals surface area contributed by atoms with Crippen LogP contribution in [0.3, 0.4) is 0 Å². The van der Waals surface area contributed by atoms with E-state index < -0.39 is 0 Å². The molecule has 1 fully saturated rings. The molecule has 0 atom stereocenters. The highest BCUT2D eigenvalue weighted by Crippen LogP contribution is 2.41. The molecule has 1 N–H and O–H groups in total. The molecule has 1 heterocycles. The number of nitrogens with one attached hydrogen (secondary N) is 1. The standard InChI is InChI=1S/C14H19N/c1-11-5-6-12-10-14(15-13(12)9-11)7-3-2-4-8-14/h5-6,9,15H,2-4,7-8,10H2,1H3. The third-order valence-electron chi connectivity index (χ3n) is 4.00. The van der Waals surface area contributed by atoms with E-state index in [1.807, 2.05) is 0 Å². The van der Waals surface area contributed by atoms with Gasteiger partial charge in [0.25, 0.3) is 0 Å². The first-order chi connectivity index (χ1) is 7.27. The van der Waals surface area contributed by atoms with Gasteiger partial charge in [0.05, 0.1) is 0 Å². The minimum atomic E-state index is 0.425. The first kappa shape index (κ1) is 9.26. The quantitative estimate of drug-likeness (QED) is 0.675. The maximum absolute atomic E-state index is 3.79. The molecule has 80 valence electrons. The Morgan fingerprint density at radius 2 is 1.93 bits per heavy atom. The summed E-state index contributed by atoms with van der Waals surface area (Å²) in [5.74, 6) is 0. The zero-order chi connectivity index (χ0) is 10.3. The summed E-state index contributed by atoms with van der Waals surface area (Å²) in [4.78, 5) is 0. The molecule has 0 aromatic heterocycles. The lowest BCUT2D eigenvalue weighted by Crippen LogP contribution is -2.38. The topological polar surface area (TPSA) is 12.0 Å². The Morgan fingerprint density at radius 1 is 1.13 bits per heavy atom. The Kier molecular flexibility index (Phi) is 2.01. The molecule has 1 aliphatic carbocycles. The molecule has 1 saturated carbocycles. The first-order valence-electron chi connectivity index (χ1n) is 6.15. The minimum absolute atomic E-state index is 0.425. The molecule has 1 spiro atoms. The Morgan fingerprint density at radius 3 is 2.73 bits per heavy atom. The van der Waals surface area contributed by atoms with E-state index in [2.05, 4.69) is 30.4 Å². The molecule has 1 aromatic rings. The molecular formula is C14H19N. The van der Waals surface area contributed by atoms with Crippen molar-refractivity contribution in [2.75, 3.05) is 5.32 Å². The number of hydrogen-bond donors (Lipinski definition) is 1. The molecule has 1 aliphatic heterocycles. The van der Waals surface area contributed by atoms with Crippen molar-refractivity contribution in [3.8, 4) is 0 Å². The maximum Gasteiger partial charge on any atom is 0.0414 e. The Bertz CT molecular complexity index is 375. The predicted octanol–water partition coefficient (Wildman–Crippen LogP) is 3.67. The van der Waals surface area contributed by atoms with Crippen molar-refractivity contribution in [1.29, 1.82) is 0 Å². The lowest BCUT2D eigenvalue weighted by molar-refractivity contribution is 0.333. The van der Waals surface area contributed by atoms with Crippen molar-refractivity contribution in [3.63, 3.8) is 0 Å². The smallest absolute Gasteiger partial charge is 0.0414 e. The number of rotatable bonds is 0. The molecule has 1 nitrogen and oxygen atoms in total. The van der Waals surface area contributed by atoms with E-state index >= 15 is 0 Å². The second-order valence-corrected chi connectivity index (χ2v) is 5.30. The van der Waals surface area contributed by atoms with Gasteiger partial charge in [0, 0.05) is 11.2 Å². The van der Waals surface area contributed by atoms with E-state index in [0.717, 1.165) is 0 Å². The summed E-state index contributed by atoms with van der Waals surface area (Å²) in [5.41, 5.74) is 4.72. The van der Waals surface area contributed by atoms with Crippen LogP contribution in [0.1, 0.15) is 43.2 Å². The first-order valence-corrected chi connectivity index (χ1v) is 6.15. The molecular weight excluding hydrogens is 182 g/mol. The second kappa shape index (κ2) is 3.26. The molecule has 0 saturated heterocycles. The molecule has 0 bridgehead atoms. The average Bonchev–Trinajstić information content (AvgIpc) is 2.56. The lowest BCUT2D eigenvalue weighted by atomic mass is 9.80. The number of benzene rings is 1. The minimum Gasteiger partial charge on any atom is -0.379 e. The fourth-order valence-corrected chi connectivity index (χ4v) is 3.19. The monoisotopic (exact) mass is 201 g/mol. The molecule has 0 amide bonds. The zero-order valence-electron chi connectivity index (χ0n) is 9.47. The summed E-state index contributed by atoms with van der Waals surface area (Å²) in [6, 6.07) is 6.85. The summed E-state index contributed by atoms with van der Waals surface area (Å²) in [6.07, 6.45) is 8.21. The summed E-state index contributed by atoms with van der Waals surface area (Å²) >= 11 is 0. The number of fused-ring (bicyclic) bond motifs is 1. The van der Waals surface area contributed by atoms with Gasteiger partial charge in [-0.15, -0.1) is 0 Å². The fourth-order valence-electron chi connectivity index (χ4n) is 3.19. The maximum atomic E-state index is 3.79. The van der Waals surface area contributed by atoms with Gasteiger partial charge in [-0.2, -0.15) is 0 Å². The van der Waals surface area contributed by atoms with Gasteiger partial charge < -0.3 is 5.32 Å². The SMILES string of the molecule is Cc1ccc2c(c1)NC1(CCCCC1)C2.